The van der Waals surface area contributed by atoms with E-state index < -0.39 is 22.6 Å². The predicted octanol–water partition coefficient (Wildman–Crippen LogP) is 3.98. The number of nitro benzene ring substituents is 1. The van der Waals surface area contributed by atoms with E-state index in [9.17, 15) is 28.9 Å². The van der Waals surface area contributed by atoms with Crippen molar-refractivity contribution in [2.24, 2.45) is 5.92 Å². The van der Waals surface area contributed by atoms with E-state index in [4.69, 9.17) is 0 Å². The van der Waals surface area contributed by atoms with Crippen molar-refractivity contribution in [3.8, 4) is 0 Å². The summed E-state index contributed by atoms with van der Waals surface area (Å²) in [6.07, 6.45) is 0.0932. The SMILES string of the molecule is O=C(Nc1cc([N+](=O)[O-])ccc1F)c1ccc(NC(=O)C2CC(=O)N(c3ccccc3)C2)cc1. The Hall–Kier alpha value is -4.60. The molecule has 1 heterocycles. The number of nitrogens with one attached hydrogen (secondary N) is 2. The molecule has 3 aromatic carbocycles. The number of carbonyl (C=O) groups excluding carboxylic acids is 3. The van der Waals surface area contributed by atoms with Gasteiger partial charge in [-0.15, -0.1) is 0 Å². The highest BCUT2D eigenvalue weighted by Crippen LogP contribution is 2.26. The molecule has 9 nitrogen and oxygen atoms in total. The van der Waals surface area contributed by atoms with Crippen LogP contribution in [-0.4, -0.2) is 29.2 Å². The Labute approximate surface area is 193 Å². The van der Waals surface area contributed by atoms with Gasteiger partial charge >= 0.3 is 0 Å². The number of rotatable bonds is 6. The lowest BCUT2D eigenvalue weighted by molar-refractivity contribution is -0.384. The Morgan fingerprint density at radius 2 is 1.71 bits per heavy atom. The molecule has 34 heavy (non-hydrogen) atoms. The van der Waals surface area contributed by atoms with E-state index in [1.54, 1.807) is 4.90 Å². The molecule has 1 aliphatic heterocycles. The van der Waals surface area contributed by atoms with E-state index in [0.717, 1.165) is 23.9 Å². The minimum atomic E-state index is -0.807. The predicted molar refractivity (Wildman–Crippen MR) is 123 cm³/mol. The third-order valence-electron chi connectivity index (χ3n) is 5.39. The molecule has 4 rings (SSSR count). The van der Waals surface area contributed by atoms with Crippen molar-refractivity contribution in [2.45, 2.75) is 6.42 Å². The molecule has 0 radical (unpaired) electrons. The second kappa shape index (κ2) is 9.49. The number of hydrogen-bond donors (Lipinski definition) is 2. The van der Waals surface area contributed by atoms with E-state index in [0.29, 0.717) is 5.69 Å². The van der Waals surface area contributed by atoms with Crippen LogP contribution in [0.3, 0.4) is 0 Å². The van der Waals surface area contributed by atoms with Crippen molar-refractivity contribution in [2.75, 3.05) is 22.1 Å². The molecule has 1 saturated heterocycles. The zero-order valence-corrected chi connectivity index (χ0v) is 17.7. The average Bonchev–Trinajstić information content (AvgIpc) is 3.23. The molecule has 172 valence electrons. The maximum Gasteiger partial charge on any atom is 0.271 e. The van der Waals surface area contributed by atoms with E-state index in [1.807, 2.05) is 30.3 Å². The van der Waals surface area contributed by atoms with Gasteiger partial charge in [0, 0.05) is 42.0 Å². The van der Waals surface area contributed by atoms with Crippen LogP contribution in [0.25, 0.3) is 0 Å². The van der Waals surface area contributed by atoms with Gasteiger partial charge in [-0.1, -0.05) is 18.2 Å². The molecular weight excluding hydrogens is 443 g/mol. The maximum absolute atomic E-state index is 13.9. The van der Waals surface area contributed by atoms with Crippen LogP contribution in [0, 0.1) is 21.8 Å². The lowest BCUT2D eigenvalue weighted by atomic mass is 10.1. The summed E-state index contributed by atoms with van der Waals surface area (Å²) in [5.74, 6) is -2.45. The molecule has 0 bridgehead atoms. The summed E-state index contributed by atoms with van der Waals surface area (Å²) in [4.78, 5) is 49.2. The Balaban J connectivity index is 1.38. The Bertz CT molecular complexity index is 1260. The molecule has 3 amide bonds. The summed E-state index contributed by atoms with van der Waals surface area (Å²) < 4.78 is 13.9. The van der Waals surface area contributed by atoms with Crippen LogP contribution in [0.2, 0.25) is 0 Å². The Morgan fingerprint density at radius 3 is 2.38 bits per heavy atom. The highest BCUT2D eigenvalue weighted by Gasteiger charge is 2.35. The summed E-state index contributed by atoms with van der Waals surface area (Å²) in [5, 5.41) is 15.9. The fourth-order valence-corrected chi connectivity index (χ4v) is 3.61. The molecule has 10 heteroatoms. The topological polar surface area (TPSA) is 122 Å². The van der Waals surface area contributed by atoms with E-state index in [-0.39, 0.29) is 41.7 Å². The normalized spacial score (nSPS) is 15.1. The third kappa shape index (κ3) is 4.90. The molecule has 0 saturated carbocycles. The van der Waals surface area contributed by atoms with Crippen molar-refractivity contribution >= 4 is 40.5 Å². The molecule has 1 fully saturated rings. The summed E-state index contributed by atoms with van der Waals surface area (Å²) in [6, 6.07) is 17.8. The Kier molecular flexibility index (Phi) is 6.30. The Morgan fingerprint density at radius 1 is 1.00 bits per heavy atom. The van der Waals surface area contributed by atoms with Crippen LogP contribution in [0.4, 0.5) is 27.1 Å². The number of benzene rings is 3. The minimum Gasteiger partial charge on any atom is -0.326 e. The first-order valence-corrected chi connectivity index (χ1v) is 10.3. The number of halogens is 1. The first-order chi connectivity index (χ1) is 16.3. The number of para-hydroxylation sites is 1. The molecule has 2 N–H and O–H groups in total. The van der Waals surface area contributed by atoms with Gasteiger partial charge in [0.1, 0.15) is 5.82 Å². The second-order valence-corrected chi connectivity index (χ2v) is 7.68. The van der Waals surface area contributed by atoms with Crippen LogP contribution in [0.1, 0.15) is 16.8 Å². The zero-order chi connectivity index (χ0) is 24.2. The van der Waals surface area contributed by atoms with Crippen LogP contribution < -0.4 is 15.5 Å². The van der Waals surface area contributed by atoms with Gasteiger partial charge in [-0.3, -0.25) is 24.5 Å². The van der Waals surface area contributed by atoms with Crippen LogP contribution in [-0.2, 0) is 9.59 Å². The number of nitrogens with zero attached hydrogens (tertiary/aromatic N) is 2. The highest BCUT2D eigenvalue weighted by atomic mass is 19.1. The fourth-order valence-electron chi connectivity index (χ4n) is 3.61. The van der Waals surface area contributed by atoms with Gasteiger partial charge in [-0.2, -0.15) is 0 Å². The second-order valence-electron chi connectivity index (χ2n) is 7.68. The van der Waals surface area contributed by atoms with Crippen molar-refractivity contribution in [1.29, 1.82) is 0 Å². The van der Waals surface area contributed by atoms with Gasteiger partial charge in [-0.05, 0) is 42.5 Å². The largest absolute Gasteiger partial charge is 0.326 e. The van der Waals surface area contributed by atoms with Gasteiger partial charge in [0.15, 0.2) is 0 Å². The van der Waals surface area contributed by atoms with Crippen LogP contribution >= 0.6 is 0 Å². The maximum atomic E-state index is 13.9. The number of hydrogen-bond acceptors (Lipinski definition) is 5. The average molecular weight is 462 g/mol. The van der Waals surface area contributed by atoms with E-state index in [1.165, 1.54) is 24.3 Å². The van der Waals surface area contributed by atoms with Crippen molar-refractivity contribution < 1.29 is 23.7 Å². The van der Waals surface area contributed by atoms with Gasteiger partial charge in [0.05, 0.1) is 16.5 Å². The number of nitro groups is 1. The quantitative estimate of drug-likeness (QED) is 0.424. The van der Waals surface area contributed by atoms with Gasteiger partial charge in [0.25, 0.3) is 11.6 Å². The molecule has 1 atom stereocenters. The number of carbonyl (C=O) groups is 3. The number of non-ortho nitro benzene ring substituents is 1. The molecule has 1 aliphatic rings. The van der Waals surface area contributed by atoms with Gasteiger partial charge in [0.2, 0.25) is 11.8 Å². The van der Waals surface area contributed by atoms with Crippen molar-refractivity contribution in [3.63, 3.8) is 0 Å². The summed E-state index contributed by atoms with van der Waals surface area (Å²) in [7, 11) is 0. The summed E-state index contributed by atoms with van der Waals surface area (Å²) in [6.45, 7) is 0.268. The highest BCUT2D eigenvalue weighted by molar-refractivity contribution is 6.06. The lowest BCUT2D eigenvalue weighted by Gasteiger charge is -2.16. The fraction of sp³-hybridized carbons (Fsp3) is 0.125. The molecule has 1 unspecified atom stereocenters. The number of anilines is 3. The molecular formula is C24H19FN4O5. The van der Waals surface area contributed by atoms with Crippen LogP contribution in [0.5, 0.6) is 0 Å². The van der Waals surface area contributed by atoms with Crippen LogP contribution in [0.15, 0.2) is 72.8 Å². The van der Waals surface area contributed by atoms with Gasteiger partial charge in [-0.25, -0.2) is 4.39 Å². The van der Waals surface area contributed by atoms with E-state index >= 15 is 0 Å². The first kappa shape index (κ1) is 22.6. The molecule has 0 aliphatic carbocycles. The molecule has 3 aromatic rings. The first-order valence-electron chi connectivity index (χ1n) is 10.3. The third-order valence-corrected chi connectivity index (χ3v) is 5.39. The smallest absolute Gasteiger partial charge is 0.271 e. The van der Waals surface area contributed by atoms with Gasteiger partial charge < -0.3 is 15.5 Å². The zero-order valence-electron chi connectivity index (χ0n) is 17.7. The van der Waals surface area contributed by atoms with Crippen molar-refractivity contribution in [1.82, 2.24) is 0 Å². The molecule has 0 aromatic heterocycles. The van der Waals surface area contributed by atoms with Crippen molar-refractivity contribution in [3.05, 3.63) is 94.3 Å². The van der Waals surface area contributed by atoms with E-state index in [2.05, 4.69) is 10.6 Å². The standard InChI is InChI=1S/C24H19FN4O5/c25-20-11-10-19(29(33)34)13-21(20)27-23(31)15-6-8-17(9-7-15)26-24(32)16-12-22(30)28(14-16)18-4-2-1-3-5-18/h1-11,13,16H,12,14H2,(H,26,32)(H,27,31). The monoisotopic (exact) mass is 462 g/mol. The molecule has 0 spiro atoms. The minimum absolute atomic E-state index is 0.0932. The lowest BCUT2D eigenvalue weighted by Crippen LogP contribution is -2.28. The number of amides is 3. The summed E-state index contributed by atoms with van der Waals surface area (Å²) in [5.41, 5.74) is 0.652. The summed E-state index contributed by atoms with van der Waals surface area (Å²) >= 11 is 0.